The molecule has 2 heterocycles. The molecular formula is C13H26N2O. The first-order valence-corrected chi connectivity index (χ1v) is 6.67. The SMILES string of the molecule is CCC1(C)CCN(C2(CN)CCOC2)CC1. The van der Waals surface area contributed by atoms with Crippen LogP contribution in [0.2, 0.25) is 0 Å². The van der Waals surface area contributed by atoms with Crippen molar-refractivity contribution >= 4 is 0 Å². The summed E-state index contributed by atoms with van der Waals surface area (Å²) in [6, 6.07) is 0. The van der Waals surface area contributed by atoms with Crippen LogP contribution in [0.15, 0.2) is 0 Å². The van der Waals surface area contributed by atoms with Gasteiger partial charge in [-0.2, -0.15) is 0 Å². The molecule has 0 radical (unpaired) electrons. The molecule has 16 heavy (non-hydrogen) atoms. The largest absolute Gasteiger partial charge is 0.379 e. The van der Waals surface area contributed by atoms with E-state index in [1.165, 1.54) is 32.4 Å². The first-order chi connectivity index (χ1) is 7.64. The van der Waals surface area contributed by atoms with Gasteiger partial charge in [-0.05, 0) is 37.8 Å². The van der Waals surface area contributed by atoms with Crippen molar-refractivity contribution in [1.29, 1.82) is 0 Å². The van der Waals surface area contributed by atoms with Crippen molar-refractivity contribution in [3.8, 4) is 0 Å². The van der Waals surface area contributed by atoms with Gasteiger partial charge in [-0.15, -0.1) is 0 Å². The number of ether oxygens (including phenoxy) is 1. The summed E-state index contributed by atoms with van der Waals surface area (Å²) in [4.78, 5) is 2.59. The van der Waals surface area contributed by atoms with Gasteiger partial charge in [0.1, 0.15) is 0 Å². The summed E-state index contributed by atoms with van der Waals surface area (Å²) in [5.41, 5.74) is 6.70. The number of nitrogens with two attached hydrogens (primary N) is 1. The molecule has 2 aliphatic heterocycles. The summed E-state index contributed by atoms with van der Waals surface area (Å²) < 4.78 is 5.56. The highest BCUT2D eigenvalue weighted by Gasteiger charge is 2.42. The minimum absolute atomic E-state index is 0.162. The van der Waals surface area contributed by atoms with Gasteiger partial charge in [-0.3, -0.25) is 4.90 Å². The van der Waals surface area contributed by atoms with Crippen LogP contribution < -0.4 is 5.73 Å². The molecule has 0 amide bonds. The Morgan fingerprint density at radius 2 is 1.94 bits per heavy atom. The molecule has 0 spiro atoms. The van der Waals surface area contributed by atoms with Crippen LogP contribution >= 0.6 is 0 Å². The average molecular weight is 226 g/mol. The Hall–Kier alpha value is -0.120. The molecule has 3 nitrogen and oxygen atoms in total. The van der Waals surface area contributed by atoms with Crippen LogP contribution in [0, 0.1) is 5.41 Å². The minimum atomic E-state index is 0.162. The minimum Gasteiger partial charge on any atom is -0.379 e. The van der Waals surface area contributed by atoms with Gasteiger partial charge in [0.25, 0.3) is 0 Å². The molecule has 0 saturated carbocycles. The zero-order chi connectivity index (χ0) is 11.6. The smallest absolute Gasteiger partial charge is 0.0663 e. The lowest BCUT2D eigenvalue weighted by molar-refractivity contribution is 0.0175. The molecule has 2 saturated heterocycles. The lowest BCUT2D eigenvalue weighted by atomic mass is 9.77. The molecule has 3 heteroatoms. The van der Waals surface area contributed by atoms with E-state index in [0.717, 1.165) is 26.2 Å². The maximum atomic E-state index is 5.98. The first kappa shape index (κ1) is 12.3. The van der Waals surface area contributed by atoms with Crippen molar-refractivity contribution in [2.24, 2.45) is 11.1 Å². The zero-order valence-electron chi connectivity index (χ0n) is 10.8. The summed E-state index contributed by atoms with van der Waals surface area (Å²) >= 11 is 0. The number of hydrogen-bond donors (Lipinski definition) is 1. The van der Waals surface area contributed by atoms with Crippen LogP contribution in [0.4, 0.5) is 0 Å². The van der Waals surface area contributed by atoms with E-state index in [9.17, 15) is 0 Å². The predicted molar refractivity (Wildman–Crippen MR) is 66.4 cm³/mol. The summed E-state index contributed by atoms with van der Waals surface area (Å²) in [7, 11) is 0. The first-order valence-electron chi connectivity index (χ1n) is 6.67. The Bertz CT molecular complexity index is 228. The molecule has 2 aliphatic rings. The molecule has 0 bridgehead atoms. The fraction of sp³-hybridized carbons (Fsp3) is 1.00. The van der Waals surface area contributed by atoms with Crippen LogP contribution in [-0.2, 0) is 4.74 Å². The summed E-state index contributed by atoms with van der Waals surface area (Å²) in [6.45, 7) is 9.61. The molecule has 2 rings (SSSR count). The Balaban J connectivity index is 1.97. The molecule has 2 fully saturated rings. The fourth-order valence-electron chi connectivity index (χ4n) is 3.01. The van der Waals surface area contributed by atoms with Crippen LogP contribution in [0.25, 0.3) is 0 Å². The van der Waals surface area contributed by atoms with Gasteiger partial charge in [0, 0.05) is 13.2 Å². The molecule has 2 N–H and O–H groups in total. The standard InChI is InChI=1S/C13H26N2O/c1-3-12(2)4-7-15(8-5-12)13(10-14)6-9-16-11-13/h3-11,14H2,1-2H3. The van der Waals surface area contributed by atoms with Gasteiger partial charge in [0.2, 0.25) is 0 Å². The second-order valence-electron chi connectivity index (χ2n) is 5.88. The number of nitrogens with zero attached hydrogens (tertiary/aromatic N) is 1. The number of piperidine rings is 1. The van der Waals surface area contributed by atoms with Crippen LogP contribution in [0.3, 0.4) is 0 Å². The van der Waals surface area contributed by atoms with Gasteiger partial charge < -0.3 is 10.5 Å². The molecule has 1 atom stereocenters. The normalized spacial score (nSPS) is 35.4. The topological polar surface area (TPSA) is 38.5 Å². The number of hydrogen-bond acceptors (Lipinski definition) is 3. The Labute approximate surface area is 99.3 Å². The van der Waals surface area contributed by atoms with Crippen LogP contribution in [-0.4, -0.2) is 43.3 Å². The van der Waals surface area contributed by atoms with E-state index in [4.69, 9.17) is 10.5 Å². The van der Waals surface area contributed by atoms with Crippen molar-refractivity contribution < 1.29 is 4.74 Å². The quantitative estimate of drug-likeness (QED) is 0.794. The monoisotopic (exact) mass is 226 g/mol. The average Bonchev–Trinajstić information content (AvgIpc) is 2.80. The molecule has 0 aromatic heterocycles. The maximum Gasteiger partial charge on any atom is 0.0663 e. The highest BCUT2D eigenvalue weighted by Crippen LogP contribution is 2.37. The Kier molecular flexibility index (Phi) is 3.57. The van der Waals surface area contributed by atoms with E-state index in [0.29, 0.717) is 5.41 Å². The van der Waals surface area contributed by atoms with E-state index in [1.54, 1.807) is 0 Å². The van der Waals surface area contributed by atoms with Crippen molar-refractivity contribution in [3.05, 3.63) is 0 Å². The molecule has 0 aromatic rings. The van der Waals surface area contributed by atoms with Crippen molar-refractivity contribution in [2.75, 3.05) is 32.8 Å². The van der Waals surface area contributed by atoms with E-state index in [2.05, 4.69) is 18.7 Å². The lowest BCUT2D eigenvalue weighted by Gasteiger charge is -2.46. The molecule has 1 unspecified atom stereocenters. The van der Waals surface area contributed by atoms with Crippen LogP contribution in [0.5, 0.6) is 0 Å². The number of rotatable bonds is 3. The highest BCUT2D eigenvalue weighted by molar-refractivity contribution is 4.98. The molecule has 94 valence electrons. The third-order valence-electron chi connectivity index (χ3n) is 4.96. The van der Waals surface area contributed by atoms with Gasteiger partial charge in [-0.25, -0.2) is 0 Å². The fourth-order valence-corrected chi connectivity index (χ4v) is 3.01. The maximum absolute atomic E-state index is 5.98. The summed E-state index contributed by atoms with van der Waals surface area (Å²) in [5, 5.41) is 0. The van der Waals surface area contributed by atoms with E-state index in [-0.39, 0.29) is 5.54 Å². The number of likely N-dealkylation sites (tertiary alicyclic amines) is 1. The predicted octanol–water partition coefficient (Wildman–Crippen LogP) is 1.62. The van der Waals surface area contributed by atoms with Gasteiger partial charge in [0.15, 0.2) is 0 Å². The second kappa shape index (κ2) is 4.63. The third-order valence-corrected chi connectivity index (χ3v) is 4.96. The van der Waals surface area contributed by atoms with Gasteiger partial charge >= 0.3 is 0 Å². The molecule has 0 aromatic carbocycles. The van der Waals surface area contributed by atoms with Crippen molar-refractivity contribution in [1.82, 2.24) is 4.90 Å². The Morgan fingerprint density at radius 1 is 1.25 bits per heavy atom. The van der Waals surface area contributed by atoms with Crippen molar-refractivity contribution in [3.63, 3.8) is 0 Å². The summed E-state index contributed by atoms with van der Waals surface area (Å²) in [6.07, 6.45) is 5.04. The Morgan fingerprint density at radius 3 is 2.38 bits per heavy atom. The van der Waals surface area contributed by atoms with Crippen molar-refractivity contribution in [2.45, 2.75) is 45.1 Å². The van der Waals surface area contributed by atoms with Gasteiger partial charge in [0.05, 0.1) is 12.1 Å². The van der Waals surface area contributed by atoms with E-state index < -0.39 is 0 Å². The third kappa shape index (κ3) is 2.13. The zero-order valence-corrected chi connectivity index (χ0v) is 10.8. The lowest BCUT2D eigenvalue weighted by Crippen LogP contribution is -2.57. The molecule has 0 aliphatic carbocycles. The van der Waals surface area contributed by atoms with Crippen LogP contribution in [0.1, 0.15) is 39.5 Å². The highest BCUT2D eigenvalue weighted by atomic mass is 16.5. The summed E-state index contributed by atoms with van der Waals surface area (Å²) in [5.74, 6) is 0. The van der Waals surface area contributed by atoms with E-state index >= 15 is 0 Å². The van der Waals surface area contributed by atoms with E-state index in [1.807, 2.05) is 0 Å². The van der Waals surface area contributed by atoms with Gasteiger partial charge in [-0.1, -0.05) is 20.3 Å². The second-order valence-corrected chi connectivity index (χ2v) is 5.88. The molecular weight excluding hydrogens is 200 g/mol.